The third-order valence-electron chi connectivity index (χ3n) is 2.71. The maximum Gasteiger partial charge on any atom is 0.321 e. The van der Waals surface area contributed by atoms with Gasteiger partial charge in [-0.25, -0.2) is 0 Å². The monoisotopic (exact) mass is 277 g/mol. The molecule has 0 aromatic heterocycles. The van der Waals surface area contributed by atoms with Crippen molar-refractivity contribution in [1.29, 1.82) is 0 Å². The molecule has 0 aliphatic carbocycles. The number of carbonyl (C=O) groups is 2. The van der Waals surface area contributed by atoms with Gasteiger partial charge in [0, 0.05) is 19.5 Å². The Kier molecular flexibility index (Phi) is 4.57. The fourth-order valence-corrected chi connectivity index (χ4v) is 2.24. The summed E-state index contributed by atoms with van der Waals surface area (Å²) in [6, 6.07) is 0. The molecule has 0 aromatic rings. The summed E-state index contributed by atoms with van der Waals surface area (Å²) < 4.78 is 4.59. The number of alkyl halides is 1. The summed E-state index contributed by atoms with van der Waals surface area (Å²) in [5, 5.41) is 0. The minimum absolute atomic E-state index is 0.134. The van der Waals surface area contributed by atoms with E-state index in [0.717, 1.165) is 13.0 Å². The van der Waals surface area contributed by atoms with Gasteiger partial charge in [0.1, 0.15) is 4.83 Å². The second kappa shape index (κ2) is 5.49. The molecule has 1 aliphatic heterocycles. The highest BCUT2D eigenvalue weighted by Gasteiger charge is 2.31. The van der Waals surface area contributed by atoms with Crippen LogP contribution in [0.5, 0.6) is 0 Å². The van der Waals surface area contributed by atoms with E-state index in [1.54, 1.807) is 4.90 Å². The number of amides is 1. The van der Waals surface area contributed by atoms with Crippen LogP contribution in [0.4, 0.5) is 0 Å². The lowest BCUT2D eigenvalue weighted by Gasteiger charge is -2.18. The predicted molar refractivity (Wildman–Crippen MR) is 59.7 cm³/mol. The average Bonchev–Trinajstić information content (AvgIpc) is 2.58. The Morgan fingerprint density at radius 2 is 2.40 bits per heavy atom. The van der Waals surface area contributed by atoms with Crippen LogP contribution < -0.4 is 0 Å². The van der Waals surface area contributed by atoms with Crippen molar-refractivity contribution in [2.24, 2.45) is 5.92 Å². The van der Waals surface area contributed by atoms with Crippen LogP contribution >= 0.6 is 15.9 Å². The molecule has 1 saturated heterocycles. The highest BCUT2D eigenvalue weighted by atomic mass is 79.9. The van der Waals surface area contributed by atoms with Crippen LogP contribution in [0.3, 0.4) is 0 Å². The molecule has 1 amide bonds. The Hall–Kier alpha value is -0.580. The number of esters is 1. The van der Waals surface area contributed by atoms with Crippen molar-refractivity contribution in [1.82, 2.24) is 4.90 Å². The first-order valence-corrected chi connectivity index (χ1v) is 5.99. The summed E-state index contributed by atoms with van der Waals surface area (Å²) in [5.74, 6) is 0.243. The van der Waals surface area contributed by atoms with Gasteiger partial charge >= 0.3 is 5.97 Å². The minimum Gasteiger partial charge on any atom is -0.468 e. The summed E-state index contributed by atoms with van der Waals surface area (Å²) in [6.45, 7) is 3.24. The van der Waals surface area contributed by atoms with E-state index in [9.17, 15) is 9.59 Å². The molecule has 2 unspecified atom stereocenters. The molecular formula is C10H16BrNO3. The fraction of sp³-hybridized carbons (Fsp3) is 0.800. The average molecular weight is 278 g/mol. The van der Waals surface area contributed by atoms with E-state index < -0.39 is 4.83 Å². The Balaban J connectivity index is 2.45. The van der Waals surface area contributed by atoms with Crippen molar-refractivity contribution in [3.05, 3.63) is 0 Å². The Morgan fingerprint density at radius 1 is 1.73 bits per heavy atom. The van der Waals surface area contributed by atoms with Crippen LogP contribution in [-0.4, -0.2) is 41.8 Å². The van der Waals surface area contributed by atoms with Crippen LogP contribution in [-0.2, 0) is 14.3 Å². The molecule has 4 nitrogen and oxygen atoms in total. The highest BCUT2D eigenvalue weighted by Crippen LogP contribution is 2.21. The minimum atomic E-state index is -0.415. The number of hydrogen-bond donors (Lipinski definition) is 0. The number of halogens is 1. The molecule has 0 aromatic carbocycles. The smallest absolute Gasteiger partial charge is 0.321 e. The Labute approximate surface area is 98.1 Å². The molecule has 1 rings (SSSR count). The Bertz CT molecular complexity index is 257. The van der Waals surface area contributed by atoms with Crippen molar-refractivity contribution >= 4 is 27.8 Å². The standard InChI is InChI=1S/C10H16BrNO3/c1-3-7-4-9(13)12(5-7)6-8(11)10(14)15-2/h7-8H,3-6H2,1-2H3. The third-order valence-corrected chi connectivity index (χ3v) is 3.37. The van der Waals surface area contributed by atoms with Crippen LogP contribution in [0.15, 0.2) is 0 Å². The summed E-state index contributed by atoms with van der Waals surface area (Å²) in [4.78, 5) is 24.0. The second-order valence-corrected chi connectivity index (χ2v) is 4.87. The van der Waals surface area contributed by atoms with E-state index in [1.165, 1.54) is 7.11 Å². The van der Waals surface area contributed by atoms with Crippen LogP contribution in [0.2, 0.25) is 0 Å². The van der Waals surface area contributed by atoms with Gasteiger partial charge in [0.25, 0.3) is 0 Å². The lowest BCUT2D eigenvalue weighted by atomic mass is 10.1. The van der Waals surface area contributed by atoms with Gasteiger partial charge in [-0.05, 0) is 5.92 Å². The number of ether oxygens (including phenoxy) is 1. The zero-order valence-corrected chi connectivity index (χ0v) is 10.6. The molecule has 1 heterocycles. The zero-order chi connectivity index (χ0) is 11.4. The topological polar surface area (TPSA) is 46.6 Å². The molecule has 0 bridgehead atoms. The molecule has 1 fully saturated rings. The summed E-state index contributed by atoms with van der Waals surface area (Å²) in [7, 11) is 1.34. The summed E-state index contributed by atoms with van der Waals surface area (Å²) in [6.07, 6.45) is 1.62. The van der Waals surface area contributed by atoms with Crippen molar-refractivity contribution in [2.45, 2.75) is 24.6 Å². The van der Waals surface area contributed by atoms with Gasteiger partial charge in [-0.2, -0.15) is 0 Å². The van der Waals surface area contributed by atoms with E-state index in [2.05, 4.69) is 27.6 Å². The van der Waals surface area contributed by atoms with Gasteiger partial charge in [0.05, 0.1) is 7.11 Å². The molecule has 1 aliphatic rings. The molecule has 86 valence electrons. The van der Waals surface area contributed by atoms with Gasteiger partial charge in [-0.3, -0.25) is 9.59 Å². The first-order valence-electron chi connectivity index (χ1n) is 5.08. The lowest BCUT2D eigenvalue weighted by molar-refractivity contribution is -0.140. The first kappa shape index (κ1) is 12.5. The van der Waals surface area contributed by atoms with E-state index >= 15 is 0 Å². The number of methoxy groups -OCH3 is 1. The number of nitrogens with zero attached hydrogens (tertiary/aromatic N) is 1. The number of carbonyl (C=O) groups excluding carboxylic acids is 2. The molecule has 15 heavy (non-hydrogen) atoms. The largest absolute Gasteiger partial charge is 0.468 e. The predicted octanol–water partition coefficient (Wildman–Crippen LogP) is 1.18. The van der Waals surface area contributed by atoms with E-state index in [-0.39, 0.29) is 11.9 Å². The summed E-state index contributed by atoms with van der Waals surface area (Å²) in [5.41, 5.74) is 0. The molecule has 0 N–H and O–H groups in total. The number of rotatable bonds is 4. The maximum absolute atomic E-state index is 11.5. The van der Waals surface area contributed by atoms with Crippen LogP contribution in [0.25, 0.3) is 0 Å². The summed E-state index contributed by atoms with van der Waals surface area (Å²) >= 11 is 3.21. The van der Waals surface area contributed by atoms with E-state index in [0.29, 0.717) is 18.9 Å². The van der Waals surface area contributed by atoms with Crippen molar-refractivity contribution in [3.63, 3.8) is 0 Å². The molecule has 0 saturated carbocycles. The van der Waals surface area contributed by atoms with Crippen LogP contribution in [0.1, 0.15) is 19.8 Å². The number of hydrogen-bond acceptors (Lipinski definition) is 3. The third kappa shape index (κ3) is 3.19. The molecule has 0 spiro atoms. The van der Waals surface area contributed by atoms with E-state index in [1.807, 2.05) is 0 Å². The van der Waals surface area contributed by atoms with E-state index in [4.69, 9.17) is 0 Å². The molecule has 5 heteroatoms. The molecular weight excluding hydrogens is 262 g/mol. The zero-order valence-electron chi connectivity index (χ0n) is 9.03. The van der Waals surface area contributed by atoms with Gasteiger partial charge in [-0.1, -0.05) is 29.3 Å². The second-order valence-electron chi connectivity index (χ2n) is 3.77. The van der Waals surface area contributed by atoms with Crippen molar-refractivity contribution in [3.8, 4) is 0 Å². The number of likely N-dealkylation sites (tertiary alicyclic amines) is 1. The van der Waals surface area contributed by atoms with Gasteiger partial charge in [0.2, 0.25) is 5.91 Å². The van der Waals surface area contributed by atoms with Crippen molar-refractivity contribution < 1.29 is 14.3 Å². The fourth-order valence-electron chi connectivity index (χ4n) is 1.70. The van der Waals surface area contributed by atoms with Gasteiger partial charge < -0.3 is 9.64 Å². The van der Waals surface area contributed by atoms with Crippen LogP contribution in [0, 0.1) is 5.92 Å². The first-order chi connectivity index (χ1) is 7.08. The Morgan fingerprint density at radius 3 is 2.87 bits per heavy atom. The highest BCUT2D eigenvalue weighted by molar-refractivity contribution is 9.10. The molecule has 2 atom stereocenters. The normalized spacial score (nSPS) is 23.0. The molecule has 0 radical (unpaired) electrons. The SMILES string of the molecule is CCC1CC(=O)N(CC(Br)C(=O)OC)C1. The van der Waals surface area contributed by atoms with Gasteiger partial charge in [-0.15, -0.1) is 0 Å². The van der Waals surface area contributed by atoms with Gasteiger partial charge in [0.15, 0.2) is 0 Å². The lowest BCUT2D eigenvalue weighted by Crippen LogP contribution is -2.35. The maximum atomic E-state index is 11.5. The van der Waals surface area contributed by atoms with Crippen molar-refractivity contribution in [2.75, 3.05) is 20.2 Å². The quantitative estimate of drug-likeness (QED) is 0.573.